The van der Waals surface area contributed by atoms with E-state index in [9.17, 15) is 8.42 Å². The van der Waals surface area contributed by atoms with Crippen LogP contribution < -0.4 is 10.0 Å². The van der Waals surface area contributed by atoms with Gasteiger partial charge in [-0.15, -0.1) is 0 Å². The Balaban J connectivity index is 2.32. The number of sulfonamides is 1. The summed E-state index contributed by atoms with van der Waals surface area (Å²) in [6, 6.07) is 0. The van der Waals surface area contributed by atoms with Gasteiger partial charge in [-0.05, 0) is 19.5 Å². The number of rotatable bonds is 9. The number of nitrogens with one attached hydrogen (secondary N) is 2. The Labute approximate surface area is 108 Å². The second-order valence-electron chi connectivity index (χ2n) is 3.92. The molecule has 104 valence electrons. The number of hydrogen-bond acceptors (Lipinski definition) is 5. The Morgan fingerprint density at radius 3 is 2.78 bits per heavy atom. The first-order chi connectivity index (χ1) is 8.57. The summed E-state index contributed by atoms with van der Waals surface area (Å²) in [5, 5.41) is 3.08. The van der Waals surface area contributed by atoms with Crippen molar-refractivity contribution in [3.8, 4) is 0 Å². The zero-order valence-electron chi connectivity index (χ0n) is 10.9. The van der Waals surface area contributed by atoms with Crippen LogP contribution >= 0.6 is 0 Å². The minimum atomic E-state index is -3.25. The molecule has 1 rings (SSSR count). The molecule has 0 bridgehead atoms. The standard InChI is InChI=1S/C11H21N3O3S/c1-3-10-8-13-11(17-10)9-14-18(15,16)7-5-6-12-4-2/h8,12,14H,3-7,9H2,1-2H3. The van der Waals surface area contributed by atoms with Crippen molar-refractivity contribution in [2.75, 3.05) is 18.8 Å². The summed E-state index contributed by atoms with van der Waals surface area (Å²) in [6.45, 7) is 5.61. The normalized spacial score (nSPS) is 11.9. The molecule has 0 amide bonds. The van der Waals surface area contributed by atoms with Gasteiger partial charge in [-0.3, -0.25) is 0 Å². The fourth-order valence-electron chi connectivity index (χ4n) is 1.40. The molecule has 2 N–H and O–H groups in total. The minimum Gasteiger partial charge on any atom is -0.444 e. The number of aromatic nitrogens is 1. The SMILES string of the molecule is CCNCCCS(=O)(=O)NCc1ncc(CC)o1. The number of aryl methyl sites for hydroxylation is 1. The molecule has 0 saturated carbocycles. The summed E-state index contributed by atoms with van der Waals surface area (Å²) in [5.41, 5.74) is 0. The third-order valence-electron chi connectivity index (χ3n) is 2.41. The molecule has 0 aliphatic rings. The minimum absolute atomic E-state index is 0.112. The summed E-state index contributed by atoms with van der Waals surface area (Å²) in [4.78, 5) is 3.99. The Morgan fingerprint density at radius 1 is 1.39 bits per heavy atom. The zero-order valence-corrected chi connectivity index (χ0v) is 11.7. The summed E-state index contributed by atoms with van der Waals surface area (Å²) in [5.74, 6) is 1.28. The molecule has 18 heavy (non-hydrogen) atoms. The molecule has 0 aliphatic heterocycles. The van der Waals surface area contributed by atoms with Crippen LogP contribution in [0, 0.1) is 0 Å². The van der Waals surface area contributed by atoms with E-state index in [2.05, 4.69) is 15.0 Å². The first-order valence-electron chi connectivity index (χ1n) is 6.19. The summed E-state index contributed by atoms with van der Waals surface area (Å²) < 4.78 is 31.1. The predicted molar refractivity (Wildman–Crippen MR) is 69.7 cm³/mol. The van der Waals surface area contributed by atoms with E-state index in [1.54, 1.807) is 6.20 Å². The topological polar surface area (TPSA) is 84.2 Å². The van der Waals surface area contributed by atoms with Crippen LogP contribution in [0.2, 0.25) is 0 Å². The van der Waals surface area contributed by atoms with Crippen LogP contribution in [0.15, 0.2) is 10.6 Å². The predicted octanol–water partition coefficient (Wildman–Crippen LogP) is 0.656. The summed E-state index contributed by atoms with van der Waals surface area (Å²) in [6.07, 6.45) is 2.96. The largest absolute Gasteiger partial charge is 0.444 e. The van der Waals surface area contributed by atoms with Gasteiger partial charge in [-0.2, -0.15) is 0 Å². The van der Waals surface area contributed by atoms with Crippen molar-refractivity contribution in [2.45, 2.75) is 33.2 Å². The van der Waals surface area contributed by atoms with E-state index in [4.69, 9.17) is 4.42 Å². The molecule has 1 heterocycles. The van der Waals surface area contributed by atoms with Crippen molar-refractivity contribution in [2.24, 2.45) is 0 Å². The van der Waals surface area contributed by atoms with Crippen molar-refractivity contribution in [3.05, 3.63) is 17.8 Å². The van der Waals surface area contributed by atoms with Gasteiger partial charge in [-0.25, -0.2) is 18.1 Å². The van der Waals surface area contributed by atoms with Crippen LogP contribution in [0.1, 0.15) is 31.9 Å². The highest BCUT2D eigenvalue weighted by molar-refractivity contribution is 7.89. The molecule has 0 saturated heterocycles. The molecule has 0 atom stereocenters. The first kappa shape index (κ1) is 15.1. The Bertz CT molecular complexity index is 442. The van der Waals surface area contributed by atoms with Gasteiger partial charge in [0, 0.05) is 6.42 Å². The van der Waals surface area contributed by atoms with Gasteiger partial charge in [0.15, 0.2) is 0 Å². The highest BCUT2D eigenvalue weighted by Crippen LogP contribution is 2.04. The lowest BCUT2D eigenvalue weighted by molar-refractivity contribution is 0.452. The van der Waals surface area contributed by atoms with Crippen molar-refractivity contribution < 1.29 is 12.8 Å². The van der Waals surface area contributed by atoms with E-state index in [0.29, 0.717) is 18.9 Å². The number of nitrogens with zero attached hydrogens (tertiary/aromatic N) is 1. The Kier molecular flexibility index (Phi) is 6.31. The van der Waals surface area contributed by atoms with Gasteiger partial charge in [-0.1, -0.05) is 13.8 Å². The highest BCUT2D eigenvalue weighted by Gasteiger charge is 2.11. The van der Waals surface area contributed by atoms with E-state index in [0.717, 1.165) is 18.7 Å². The van der Waals surface area contributed by atoms with E-state index in [1.807, 2.05) is 13.8 Å². The van der Waals surface area contributed by atoms with Crippen LogP contribution in [-0.4, -0.2) is 32.2 Å². The maximum absolute atomic E-state index is 11.6. The van der Waals surface area contributed by atoms with Gasteiger partial charge >= 0.3 is 0 Å². The number of oxazole rings is 1. The molecule has 0 radical (unpaired) electrons. The lowest BCUT2D eigenvalue weighted by atomic mass is 10.4. The van der Waals surface area contributed by atoms with Crippen LogP contribution in [0.4, 0.5) is 0 Å². The third-order valence-corrected chi connectivity index (χ3v) is 3.82. The molecular formula is C11H21N3O3S. The zero-order chi connectivity index (χ0) is 13.4. The second kappa shape index (κ2) is 7.50. The van der Waals surface area contributed by atoms with Crippen molar-refractivity contribution in [3.63, 3.8) is 0 Å². The Morgan fingerprint density at radius 2 is 2.17 bits per heavy atom. The molecule has 6 nitrogen and oxygen atoms in total. The van der Waals surface area contributed by atoms with Gasteiger partial charge in [0.05, 0.1) is 18.5 Å². The van der Waals surface area contributed by atoms with E-state index < -0.39 is 10.0 Å². The van der Waals surface area contributed by atoms with Gasteiger partial charge in [0.2, 0.25) is 15.9 Å². The average molecular weight is 275 g/mol. The van der Waals surface area contributed by atoms with Crippen LogP contribution in [0.5, 0.6) is 0 Å². The molecule has 0 aliphatic carbocycles. The fourth-order valence-corrected chi connectivity index (χ4v) is 2.41. The lowest BCUT2D eigenvalue weighted by Crippen LogP contribution is -2.28. The fraction of sp³-hybridized carbons (Fsp3) is 0.727. The number of hydrogen-bond donors (Lipinski definition) is 2. The summed E-state index contributed by atoms with van der Waals surface area (Å²) >= 11 is 0. The van der Waals surface area contributed by atoms with Gasteiger partial charge in [0.1, 0.15) is 5.76 Å². The Hall–Kier alpha value is -0.920. The first-order valence-corrected chi connectivity index (χ1v) is 7.84. The second-order valence-corrected chi connectivity index (χ2v) is 5.85. The smallest absolute Gasteiger partial charge is 0.212 e. The average Bonchev–Trinajstić information content (AvgIpc) is 2.80. The molecular weight excluding hydrogens is 254 g/mol. The van der Waals surface area contributed by atoms with Crippen molar-refractivity contribution in [1.82, 2.24) is 15.0 Å². The van der Waals surface area contributed by atoms with E-state index >= 15 is 0 Å². The molecule has 1 aromatic rings. The molecule has 0 aromatic carbocycles. The monoisotopic (exact) mass is 275 g/mol. The van der Waals surface area contributed by atoms with E-state index in [-0.39, 0.29) is 12.3 Å². The molecule has 0 unspecified atom stereocenters. The molecule has 0 spiro atoms. The van der Waals surface area contributed by atoms with Crippen molar-refractivity contribution in [1.29, 1.82) is 0 Å². The lowest BCUT2D eigenvalue weighted by Gasteiger charge is -2.05. The van der Waals surface area contributed by atoms with Crippen LogP contribution in [0.25, 0.3) is 0 Å². The molecule has 7 heteroatoms. The third kappa shape index (κ3) is 5.61. The van der Waals surface area contributed by atoms with Crippen LogP contribution in [0.3, 0.4) is 0 Å². The van der Waals surface area contributed by atoms with E-state index in [1.165, 1.54) is 0 Å². The maximum atomic E-state index is 11.6. The van der Waals surface area contributed by atoms with Crippen molar-refractivity contribution >= 4 is 10.0 Å². The van der Waals surface area contributed by atoms with Gasteiger partial charge < -0.3 is 9.73 Å². The quantitative estimate of drug-likeness (QED) is 0.647. The molecule has 1 aromatic heterocycles. The van der Waals surface area contributed by atoms with Gasteiger partial charge in [0.25, 0.3) is 0 Å². The highest BCUT2D eigenvalue weighted by atomic mass is 32.2. The molecule has 0 fully saturated rings. The summed E-state index contributed by atoms with van der Waals surface area (Å²) in [7, 11) is -3.25. The maximum Gasteiger partial charge on any atom is 0.212 e. The van der Waals surface area contributed by atoms with Crippen LogP contribution in [-0.2, 0) is 23.0 Å².